The Balaban J connectivity index is 2.12. The molecule has 31 heavy (non-hydrogen) atoms. The van der Waals surface area contributed by atoms with Gasteiger partial charge in [-0.05, 0) is 29.7 Å². The number of hydrogen-bond donors (Lipinski definition) is 0. The smallest absolute Gasteiger partial charge is 0.206 e. The molecule has 0 aliphatic rings. The number of ether oxygens (including phenoxy) is 3. The van der Waals surface area contributed by atoms with Crippen molar-refractivity contribution in [1.29, 1.82) is 0 Å². The molecule has 0 amide bonds. The molecule has 0 bridgehead atoms. The number of nitrogens with zero attached hydrogens (tertiary/aromatic N) is 3. The van der Waals surface area contributed by atoms with E-state index in [0.717, 1.165) is 28.0 Å². The zero-order valence-electron chi connectivity index (χ0n) is 18.3. The van der Waals surface area contributed by atoms with Gasteiger partial charge in [0.05, 0.1) is 39.8 Å². The largest absolute Gasteiger partial charge is 0.493 e. The maximum Gasteiger partial charge on any atom is 0.206 e. The minimum atomic E-state index is 0.510. The highest BCUT2D eigenvalue weighted by Crippen LogP contribution is 2.41. The summed E-state index contributed by atoms with van der Waals surface area (Å²) in [7, 11) is 4.79. The number of benzene rings is 2. The van der Waals surface area contributed by atoms with Crippen LogP contribution in [0.5, 0.6) is 17.2 Å². The molecule has 0 N–H and O–H groups in total. The van der Waals surface area contributed by atoms with Gasteiger partial charge < -0.3 is 14.2 Å². The average Bonchev–Trinajstić information content (AvgIpc) is 3.23. The van der Waals surface area contributed by atoms with Gasteiger partial charge in [0.25, 0.3) is 0 Å². The molecular weight excluding hydrogens is 410 g/mol. The van der Waals surface area contributed by atoms with Crippen LogP contribution >= 0.6 is 11.3 Å². The first-order valence-corrected chi connectivity index (χ1v) is 10.8. The van der Waals surface area contributed by atoms with Gasteiger partial charge in [0, 0.05) is 10.9 Å². The third kappa shape index (κ3) is 5.06. The number of thiazole rings is 1. The topological polar surface area (TPSA) is 57.3 Å². The fraction of sp³-hybridized carbons (Fsp3) is 0.250. The van der Waals surface area contributed by atoms with Gasteiger partial charge in [0.2, 0.25) is 10.6 Å². The average molecular weight is 438 g/mol. The van der Waals surface area contributed by atoms with E-state index in [2.05, 4.69) is 42.8 Å². The lowest BCUT2D eigenvalue weighted by atomic mass is 10.1. The Morgan fingerprint density at radius 3 is 2.26 bits per heavy atom. The molecule has 0 fully saturated rings. The molecule has 0 radical (unpaired) electrons. The van der Waals surface area contributed by atoms with Crippen molar-refractivity contribution in [2.75, 3.05) is 27.9 Å². The van der Waals surface area contributed by atoms with E-state index in [1.54, 1.807) is 27.4 Å². The summed E-state index contributed by atoms with van der Waals surface area (Å²) < 4.78 is 18.3. The molecule has 0 saturated heterocycles. The van der Waals surface area contributed by atoms with Crippen LogP contribution in [0.25, 0.3) is 11.3 Å². The summed E-state index contributed by atoms with van der Waals surface area (Å²) in [6.45, 7) is 6.41. The third-order valence-electron chi connectivity index (χ3n) is 4.71. The van der Waals surface area contributed by atoms with Crippen LogP contribution in [0.15, 0.2) is 64.5 Å². The molecule has 3 rings (SSSR count). The van der Waals surface area contributed by atoms with E-state index < -0.39 is 0 Å². The van der Waals surface area contributed by atoms with E-state index >= 15 is 0 Å². The van der Waals surface area contributed by atoms with E-state index in [4.69, 9.17) is 19.3 Å². The number of rotatable bonds is 9. The third-order valence-corrected chi connectivity index (χ3v) is 5.57. The molecule has 1 aromatic heterocycles. The number of methoxy groups -OCH3 is 3. The lowest BCUT2D eigenvalue weighted by molar-refractivity contribution is 0.324. The Hall–Kier alpha value is -3.32. The molecule has 0 spiro atoms. The molecule has 0 aliphatic carbocycles. The van der Waals surface area contributed by atoms with E-state index in [1.165, 1.54) is 16.9 Å². The predicted molar refractivity (Wildman–Crippen MR) is 127 cm³/mol. The van der Waals surface area contributed by atoms with Crippen LogP contribution in [0.3, 0.4) is 0 Å². The SMILES string of the molecule is C=CCN=c1scc(-c2cc(OC)c(OC)c(OC)c2)n1N=Cc1ccc(CC)cc1. The number of hydrogen-bond acceptors (Lipinski definition) is 6. The normalized spacial score (nSPS) is 11.7. The summed E-state index contributed by atoms with van der Waals surface area (Å²) in [5.41, 5.74) is 4.05. The molecule has 0 atom stereocenters. The molecule has 162 valence electrons. The summed E-state index contributed by atoms with van der Waals surface area (Å²) in [5.74, 6) is 1.71. The minimum absolute atomic E-state index is 0.510. The van der Waals surface area contributed by atoms with Crippen LogP contribution in [-0.2, 0) is 6.42 Å². The Bertz CT molecular complexity index is 1100. The van der Waals surface area contributed by atoms with Gasteiger partial charge in [0.15, 0.2) is 11.5 Å². The standard InChI is InChI=1S/C24H27N3O3S/c1-6-12-25-24-27(26-15-18-10-8-17(7-2)9-11-18)20(16-31-24)19-13-21(28-3)23(30-5)22(14-19)29-4/h6,8-11,13-16H,1,7,12H2,2-5H3. The fourth-order valence-electron chi connectivity index (χ4n) is 3.05. The second kappa shape index (κ2) is 10.6. The van der Waals surface area contributed by atoms with E-state index in [1.807, 2.05) is 28.4 Å². The van der Waals surface area contributed by atoms with E-state index in [0.29, 0.717) is 23.8 Å². The Morgan fingerprint density at radius 2 is 1.71 bits per heavy atom. The van der Waals surface area contributed by atoms with Gasteiger partial charge in [-0.1, -0.05) is 37.3 Å². The van der Waals surface area contributed by atoms with Crippen molar-refractivity contribution < 1.29 is 14.2 Å². The molecule has 3 aromatic rings. The molecule has 7 heteroatoms. The summed E-state index contributed by atoms with van der Waals surface area (Å²) >= 11 is 1.51. The second-order valence-electron chi connectivity index (χ2n) is 6.60. The van der Waals surface area contributed by atoms with Crippen molar-refractivity contribution in [2.45, 2.75) is 13.3 Å². The molecule has 2 aromatic carbocycles. The fourth-order valence-corrected chi connectivity index (χ4v) is 3.90. The van der Waals surface area contributed by atoms with Crippen molar-refractivity contribution in [2.24, 2.45) is 10.1 Å². The van der Waals surface area contributed by atoms with E-state index in [-0.39, 0.29) is 0 Å². The Morgan fingerprint density at radius 1 is 1.03 bits per heavy atom. The number of aryl methyl sites for hydroxylation is 1. The highest BCUT2D eigenvalue weighted by Gasteiger charge is 2.16. The summed E-state index contributed by atoms with van der Waals surface area (Å²) in [6.07, 6.45) is 4.60. The molecule has 6 nitrogen and oxygen atoms in total. The molecule has 0 aliphatic heterocycles. The lowest BCUT2D eigenvalue weighted by Gasteiger charge is -2.14. The van der Waals surface area contributed by atoms with Crippen molar-refractivity contribution in [3.05, 3.63) is 70.4 Å². The van der Waals surface area contributed by atoms with Gasteiger partial charge in [-0.3, -0.25) is 4.99 Å². The maximum atomic E-state index is 5.52. The van der Waals surface area contributed by atoms with Crippen LogP contribution in [0.1, 0.15) is 18.1 Å². The van der Waals surface area contributed by atoms with Crippen LogP contribution in [0, 0.1) is 0 Å². The first kappa shape index (κ1) is 22.4. The second-order valence-corrected chi connectivity index (χ2v) is 7.43. The highest BCUT2D eigenvalue weighted by atomic mass is 32.1. The van der Waals surface area contributed by atoms with Crippen molar-refractivity contribution in [3.8, 4) is 28.5 Å². The first-order valence-electron chi connectivity index (χ1n) is 9.90. The quantitative estimate of drug-likeness (QED) is 0.358. The molecule has 0 unspecified atom stereocenters. The Kier molecular flexibility index (Phi) is 7.67. The van der Waals surface area contributed by atoms with Crippen LogP contribution < -0.4 is 19.0 Å². The highest BCUT2D eigenvalue weighted by molar-refractivity contribution is 7.07. The molecular formula is C24H27N3O3S. The van der Waals surface area contributed by atoms with Gasteiger partial charge in [0.1, 0.15) is 0 Å². The van der Waals surface area contributed by atoms with Crippen molar-refractivity contribution in [3.63, 3.8) is 0 Å². The van der Waals surface area contributed by atoms with Gasteiger partial charge >= 0.3 is 0 Å². The zero-order valence-corrected chi connectivity index (χ0v) is 19.1. The monoisotopic (exact) mass is 437 g/mol. The van der Waals surface area contributed by atoms with E-state index in [9.17, 15) is 0 Å². The van der Waals surface area contributed by atoms with Crippen LogP contribution in [-0.4, -0.2) is 38.8 Å². The maximum absolute atomic E-state index is 5.52. The predicted octanol–water partition coefficient (Wildman–Crippen LogP) is 4.77. The van der Waals surface area contributed by atoms with Gasteiger partial charge in [-0.15, -0.1) is 17.9 Å². The first-order chi connectivity index (χ1) is 15.1. The summed E-state index contributed by atoms with van der Waals surface area (Å²) in [4.78, 5) is 5.36. The number of aromatic nitrogens is 1. The van der Waals surface area contributed by atoms with Gasteiger partial charge in [-0.2, -0.15) is 5.10 Å². The zero-order chi connectivity index (χ0) is 22.2. The Labute approximate surface area is 186 Å². The van der Waals surface area contributed by atoms with Crippen LogP contribution in [0.2, 0.25) is 0 Å². The van der Waals surface area contributed by atoms with Gasteiger partial charge in [-0.25, -0.2) is 4.68 Å². The van der Waals surface area contributed by atoms with Crippen LogP contribution in [0.4, 0.5) is 0 Å². The molecule has 1 heterocycles. The molecule has 0 saturated carbocycles. The summed E-state index contributed by atoms with van der Waals surface area (Å²) in [6, 6.07) is 12.2. The minimum Gasteiger partial charge on any atom is -0.493 e. The lowest BCUT2D eigenvalue weighted by Crippen LogP contribution is -2.12. The van der Waals surface area contributed by atoms with Crippen molar-refractivity contribution >= 4 is 17.6 Å². The summed E-state index contributed by atoms with van der Waals surface area (Å²) in [5, 5.41) is 6.75. The van der Waals surface area contributed by atoms with Crippen molar-refractivity contribution in [1.82, 2.24) is 4.68 Å².